The molecule has 1 heterocycles. The molecule has 0 aliphatic carbocycles. The Morgan fingerprint density at radius 3 is 2.45 bits per heavy atom. The molecular formula is C22H25ClN2O5S. The monoisotopic (exact) mass is 464 g/mol. The number of nitrogens with zero attached hydrogens (tertiary/aromatic N) is 1. The fraction of sp³-hybridized carbons (Fsp3) is 0.364. The lowest BCUT2D eigenvalue weighted by Crippen LogP contribution is -2.35. The molecule has 3 rings (SSSR count). The van der Waals surface area contributed by atoms with Crippen LogP contribution in [0.2, 0.25) is 5.02 Å². The molecule has 1 aliphatic heterocycles. The molecule has 1 fully saturated rings. The summed E-state index contributed by atoms with van der Waals surface area (Å²) in [6.07, 6.45) is 2.68. The highest BCUT2D eigenvalue weighted by molar-refractivity contribution is 7.89. The summed E-state index contributed by atoms with van der Waals surface area (Å²) in [5.41, 5.74) is 1.36. The Bertz CT molecular complexity index is 1100. The van der Waals surface area contributed by atoms with Gasteiger partial charge < -0.3 is 10.1 Å². The van der Waals surface area contributed by atoms with Gasteiger partial charge in [-0.1, -0.05) is 24.1 Å². The van der Waals surface area contributed by atoms with E-state index in [9.17, 15) is 18.0 Å². The van der Waals surface area contributed by atoms with Gasteiger partial charge in [0, 0.05) is 24.3 Å². The van der Waals surface area contributed by atoms with Crippen LogP contribution in [0.1, 0.15) is 52.5 Å². The van der Waals surface area contributed by atoms with Crippen LogP contribution in [-0.2, 0) is 14.8 Å². The van der Waals surface area contributed by atoms with Crippen molar-refractivity contribution in [3.05, 3.63) is 58.1 Å². The molecule has 2 aromatic rings. The number of esters is 1. The maximum Gasteiger partial charge on any atom is 0.339 e. The Kier molecular flexibility index (Phi) is 7.35. The molecule has 1 N–H and O–H groups in total. The average Bonchev–Trinajstić information content (AvgIpc) is 2.76. The average molecular weight is 465 g/mol. The Morgan fingerprint density at radius 2 is 1.77 bits per heavy atom. The number of carbonyl (C=O) groups is 2. The van der Waals surface area contributed by atoms with Crippen molar-refractivity contribution in [1.82, 2.24) is 4.31 Å². The topological polar surface area (TPSA) is 92.8 Å². The van der Waals surface area contributed by atoms with Gasteiger partial charge in [-0.2, -0.15) is 4.31 Å². The molecule has 2 aromatic carbocycles. The van der Waals surface area contributed by atoms with Gasteiger partial charge in [0.2, 0.25) is 10.0 Å². The van der Waals surface area contributed by atoms with E-state index in [1.54, 1.807) is 26.0 Å². The van der Waals surface area contributed by atoms with E-state index in [0.29, 0.717) is 24.3 Å². The quantitative estimate of drug-likeness (QED) is 0.645. The molecule has 9 heteroatoms. The lowest BCUT2D eigenvalue weighted by molar-refractivity contribution is 0.0526. The number of sulfonamides is 1. The standard InChI is InChI=1S/C22H25ClN2O5S/c1-3-30-22(27)19-13-16(8-10-20(19)23)24-21(26)18-14-17(9-7-15(18)2)31(28,29)25-11-5-4-6-12-25/h7-10,13-14H,3-6,11-12H2,1-2H3,(H,24,26). The van der Waals surface area contributed by atoms with E-state index >= 15 is 0 Å². The van der Waals surface area contributed by atoms with E-state index in [0.717, 1.165) is 19.3 Å². The number of piperidine rings is 1. The van der Waals surface area contributed by atoms with Crippen LogP contribution in [0.4, 0.5) is 5.69 Å². The molecule has 7 nitrogen and oxygen atoms in total. The van der Waals surface area contributed by atoms with Crippen molar-refractivity contribution in [1.29, 1.82) is 0 Å². The maximum atomic E-state index is 13.0. The minimum absolute atomic E-state index is 0.0912. The van der Waals surface area contributed by atoms with Gasteiger partial charge in [0.15, 0.2) is 0 Å². The number of carbonyl (C=O) groups excluding carboxylic acids is 2. The molecule has 0 bridgehead atoms. The van der Waals surface area contributed by atoms with Crippen molar-refractivity contribution < 1.29 is 22.7 Å². The van der Waals surface area contributed by atoms with Crippen LogP contribution in [0.5, 0.6) is 0 Å². The van der Waals surface area contributed by atoms with E-state index in [1.807, 2.05) is 0 Å². The Hall–Kier alpha value is -2.42. The second-order valence-electron chi connectivity index (χ2n) is 7.31. The Balaban J connectivity index is 1.86. The number of halogens is 1. The van der Waals surface area contributed by atoms with Gasteiger partial charge in [-0.05, 0) is 62.6 Å². The number of rotatable bonds is 6. The molecule has 0 aromatic heterocycles. The first-order valence-electron chi connectivity index (χ1n) is 10.1. The zero-order valence-electron chi connectivity index (χ0n) is 17.5. The summed E-state index contributed by atoms with van der Waals surface area (Å²) >= 11 is 6.07. The number of ether oxygens (including phenoxy) is 1. The second-order valence-corrected chi connectivity index (χ2v) is 9.66. The van der Waals surface area contributed by atoms with Crippen LogP contribution in [-0.4, -0.2) is 44.3 Å². The van der Waals surface area contributed by atoms with Gasteiger partial charge >= 0.3 is 5.97 Å². The van der Waals surface area contributed by atoms with Crippen molar-refractivity contribution in [3.63, 3.8) is 0 Å². The molecular weight excluding hydrogens is 440 g/mol. The van der Waals surface area contributed by atoms with Gasteiger partial charge in [0.25, 0.3) is 5.91 Å². The number of hydrogen-bond donors (Lipinski definition) is 1. The number of anilines is 1. The number of hydrogen-bond acceptors (Lipinski definition) is 5. The van der Waals surface area contributed by atoms with Gasteiger partial charge in [-0.15, -0.1) is 0 Å². The summed E-state index contributed by atoms with van der Waals surface area (Å²) in [4.78, 5) is 25.0. The van der Waals surface area contributed by atoms with Gasteiger partial charge in [-0.25, -0.2) is 13.2 Å². The lowest BCUT2D eigenvalue weighted by Gasteiger charge is -2.26. The molecule has 166 valence electrons. The third-order valence-corrected chi connectivity index (χ3v) is 7.35. The van der Waals surface area contributed by atoms with Crippen LogP contribution in [0.15, 0.2) is 41.3 Å². The summed E-state index contributed by atoms with van der Waals surface area (Å²) in [6.45, 7) is 4.59. The van der Waals surface area contributed by atoms with Crippen molar-refractivity contribution in [2.45, 2.75) is 38.0 Å². The largest absolute Gasteiger partial charge is 0.462 e. The van der Waals surface area contributed by atoms with Gasteiger partial charge in [-0.3, -0.25) is 4.79 Å². The predicted molar refractivity (Wildman–Crippen MR) is 119 cm³/mol. The van der Waals surface area contributed by atoms with E-state index in [4.69, 9.17) is 16.3 Å². The van der Waals surface area contributed by atoms with E-state index in [2.05, 4.69) is 5.32 Å². The smallest absolute Gasteiger partial charge is 0.339 e. The summed E-state index contributed by atoms with van der Waals surface area (Å²) < 4.78 is 32.4. The molecule has 1 amide bonds. The fourth-order valence-corrected chi connectivity index (χ4v) is 5.17. The van der Waals surface area contributed by atoms with Crippen molar-refractivity contribution >= 4 is 39.2 Å². The minimum Gasteiger partial charge on any atom is -0.462 e. The predicted octanol–water partition coefficient (Wildman–Crippen LogP) is 4.25. The van der Waals surface area contributed by atoms with Crippen LogP contribution < -0.4 is 5.32 Å². The molecule has 31 heavy (non-hydrogen) atoms. The van der Waals surface area contributed by atoms with E-state index < -0.39 is 21.9 Å². The Morgan fingerprint density at radius 1 is 1.06 bits per heavy atom. The van der Waals surface area contributed by atoms with Crippen LogP contribution in [0.25, 0.3) is 0 Å². The third kappa shape index (κ3) is 5.26. The maximum absolute atomic E-state index is 13.0. The van der Waals surface area contributed by atoms with Gasteiger partial charge in [0.05, 0.1) is 22.1 Å². The molecule has 0 radical (unpaired) electrons. The van der Waals surface area contributed by atoms with Crippen LogP contribution in [0.3, 0.4) is 0 Å². The summed E-state index contributed by atoms with van der Waals surface area (Å²) in [7, 11) is -3.66. The number of nitrogens with one attached hydrogen (secondary N) is 1. The van der Waals surface area contributed by atoms with Crippen molar-refractivity contribution in [3.8, 4) is 0 Å². The molecule has 0 saturated carbocycles. The van der Waals surface area contributed by atoms with Crippen LogP contribution >= 0.6 is 11.6 Å². The normalized spacial score (nSPS) is 14.8. The highest BCUT2D eigenvalue weighted by atomic mass is 35.5. The zero-order valence-corrected chi connectivity index (χ0v) is 19.1. The molecule has 1 saturated heterocycles. The van der Waals surface area contributed by atoms with Crippen molar-refractivity contribution in [2.24, 2.45) is 0 Å². The van der Waals surface area contributed by atoms with E-state index in [1.165, 1.54) is 28.6 Å². The third-order valence-electron chi connectivity index (χ3n) is 5.13. The first-order valence-corrected chi connectivity index (χ1v) is 11.9. The number of amides is 1. The second kappa shape index (κ2) is 9.80. The number of benzene rings is 2. The fourth-order valence-electron chi connectivity index (χ4n) is 3.43. The Labute approximate surface area is 187 Å². The summed E-state index contributed by atoms with van der Waals surface area (Å²) in [5.74, 6) is -1.07. The SMILES string of the molecule is CCOC(=O)c1cc(NC(=O)c2cc(S(=O)(=O)N3CCCCC3)ccc2C)ccc1Cl. The number of aryl methyl sites for hydroxylation is 1. The zero-order chi connectivity index (χ0) is 22.6. The van der Waals surface area contributed by atoms with E-state index in [-0.39, 0.29) is 27.7 Å². The minimum atomic E-state index is -3.66. The molecule has 0 atom stereocenters. The molecule has 1 aliphatic rings. The van der Waals surface area contributed by atoms with Gasteiger partial charge in [0.1, 0.15) is 0 Å². The first-order chi connectivity index (χ1) is 14.7. The van der Waals surface area contributed by atoms with Crippen molar-refractivity contribution in [2.75, 3.05) is 25.0 Å². The summed E-state index contributed by atoms with van der Waals surface area (Å²) in [6, 6.07) is 9.04. The highest BCUT2D eigenvalue weighted by Gasteiger charge is 2.27. The van der Waals surface area contributed by atoms with Crippen LogP contribution in [0, 0.1) is 6.92 Å². The molecule has 0 spiro atoms. The molecule has 0 unspecified atom stereocenters. The first kappa shape index (κ1) is 23.2. The highest BCUT2D eigenvalue weighted by Crippen LogP contribution is 2.25. The lowest BCUT2D eigenvalue weighted by atomic mass is 10.1. The summed E-state index contributed by atoms with van der Waals surface area (Å²) in [5, 5.41) is 2.92.